The first-order valence-electron chi connectivity index (χ1n) is 7.62. The number of carbonyl (C=O) groups is 2. The van der Waals surface area contributed by atoms with Crippen LogP contribution in [0.4, 0.5) is 4.79 Å². The maximum Gasteiger partial charge on any atom is 0.320 e. The highest BCUT2D eigenvalue weighted by Crippen LogP contribution is 2.16. The fourth-order valence-corrected chi connectivity index (χ4v) is 3.63. The van der Waals surface area contributed by atoms with Crippen molar-refractivity contribution >= 4 is 23.3 Å². The Kier molecular flexibility index (Phi) is 4.43. The summed E-state index contributed by atoms with van der Waals surface area (Å²) < 4.78 is 0. The summed E-state index contributed by atoms with van der Waals surface area (Å²) in [6, 6.07) is 3.91. The number of carbonyl (C=O) groups excluding carboxylic acids is 2. The van der Waals surface area contributed by atoms with Crippen molar-refractivity contribution in [3.63, 3.8) is 0 Å². The molecule has 5 nitrogen and oxygen atoms in total. The SMILES string of the molecule is O=C(c1cccs1)N1CCN(C(=O)N2CCCCC2)CC1. The molecule has 6 heteroatoms. The van der Waals surface area contributed by atoms with Gasteiger partial charge in [0, 0.05) is 39.3 Å². The average Bonchev–Trinajstić information content (AvgIpc) is 3.09. The summed E-state index contributed by atoms with van der Waals surface area (Å²) in [5, 5.41) is 1.92. The fraction of sp³-hybridized carbons (Fsp3) is 0.600. The molecule has 2 aliphatic heterocycles. The van der Waals surface area contributed by atoms with E-state index in [1.807, 2.05) is 32.2 Å². The zero-order valence-corrected chi connectivity index (χ0v) is 13.0. The summed E-state index contributed by atoms with van der Waals surface area (Å²) in [6.07, 6.45) is 3.46. The van der Waals surface area contributed by atoms with Crippen molar-refractivity contribution in [3.05, 3.63) is 22.4 Å². The molecular weight excluding hydrogens is 286 g/mol. The zero-order valence-electron chi connectivity index (χ0n) is 12.2. The Morgan fingerprint density at radius 2 is 1.48 bits per heavy atom. The molecule has 3 rings (SSSR count). The molecule has 0 atom stereocenters. The third kappa shape index (κ3) is 3.20. The minimum absolute atomic E-state index is 0.0927. The fourth-order valence-electron chi connectivity index (χ4n) is 2.94. The van der Waals surface area contributed by atoms with E-state index < -0.39 is 0 Å². The third-order valence-corrected chi connectivity index (χ3v) is 5.05. The van der Waals surface area contributed by atoms with Gasteiger partial charge in [0.25, 0.3) is 5.91 Å². The van der Waals surface area contributed by atoms with Gasteiger partial charge in [0.1, 0.15) is 0 Å². The monoisotopic (exact) mass is 307 g/mol. The number of urea groups is 1. The molecule has 0 spiro atoms. The number of likely N-dealkylation sites (tertiary alicyclic amines) is 1. The van der Waals surface area contributed by atoms with Crippen molar-refractivity contribution in [2.75, 3.05) is 39.3 Å². The Bertz CT molecular complexity index is 489. The van der Waals surface area contributed by atoms with E-state index in [2.05, 4.69) is 0 Å². The summed E-state index contributed by atoms with van der Waals surface area (Å²) >= 11 is 1.47. The van der Waals surface area contributed by atoms with Crippen molar-refractivity contribution in [2.24, 2.45) is 0 Å². The van der Waals surface area contributed by atoms with Crippen LogP contribution in [0.2, 0.25) is 0 Å². The van der Waals surface area contributed by atoms with Gasteiger partial charge in [-0.05, 0) is 30.7 Å². The van der Waals surface area contributed by atoms with Crippen LogP contribution in [-0.2, 0) is 0 Å². The van der Waals surface area contributed by atoms with Gasteiger partial charge in [-0.1, -0.05) is 6.07 Å². The number of nitrogens with zero attached hydrogens (tertiary/aromatic N) is 3. The molecular formula is C15H21N3O2S. The molecule has 2 saturated heterocycles. The number of rotatable bonds is 1. The van der Waals surface area contributed by atoms with Crippen LogP contribution in [0.1, 0.15) is 28.9 Å². The maximum absolute atomic E-state index is 12.4. The first-order valence-corrected chi connectivity index (χ1v) is 8.50. The first-order chi connectivity index (χ1) is 10.3. The standard InChI is InChI=1S/C15H21N3O2S/c19-14(13-5-4-12-21-13)16-8-10-18(11-9-16)15(20)17-6-2-1-3-7-17/h4-5,12H,1-3,6-11H2. The van der Waals surface area contributed by atoms with Crippen LogP contribution >= 0.6 is 11.3 Å². The minimum Gasteiger partial charge on any atom is -0.334 e. The number of thiophene rings is 1. The Hall–Kier alpha value is -1.56. The highest BCUT2D eigenvalue weighted by molar-refractivity contribution is 7.12. The lowest BCUT2D eigenvalue weighted by molar-refractivity contribution is 0.0637. The van der Waals surface area contributed by atoms with Gasteiger partial charge in [-0.3, -0.25) is 4.79 Å². The molecule has 0 radical (unpaired) electrons. The summed E-state index contributed by atoms with van der Waals surface area (Å²) in [7, 11) is 0. The van der Waals surface area contributed by atoms with Crippen LogP contribution in [0.15, 0.2) is 17.5 Å². The molecule has 1 aromatic heterocycles. The van der Waals surface area contributed by atoms with Gasteiger partial charge in [-0.25, -0.2) is 4.79 Å². The minimum atomic E-state index is 0.0927. The van der Waals surface area contributed by atoms with Crippen LogP contribution in [0.25, 0.3) is 0 Å². The third-order valence-electron chi connectivity index (χ3n) is 4.20. The van der Waals surface area contributed by atoms with E-state index >= 15 is 0 Å². The summed E-state index contributed by atoms with van der Waals surface area (Å²) in [5.41, 5.74) is 0. The molecule has 0 bridgehead atoms. The van der Waals surface area contributed by atoms with Gasteiger partial charge >= 0.3 is 6.03 Å². The number of piperazine rings is 1. The Labute approximate surface area is 129 Å². The van der Waals surface area contributed by atoms with Gasteiger partial charge in [-0.2, -0.15) is 0 Å². The van der Waals surface area contributed by atoms with E-state index in [1.165, 1.54) is 17.8 Å². The summed E-state index contributed by atoms with van der Waals surface area (Å²) in [5.74, 6) is 0.0927. The van der Waals surface area contributed by atoms with Crippen LogP contribution in [0, 0.1) is 0 Å². The number of piperidine rings is 1. The van der Waals surface area contributed by atoms with Crippen LogP contribution in [0.3, 0.4) is 0 Å². The Balaban J connectivity index is 1.52. The van der Waals surface area contributed by atoms with E-state index in [-0.39, 0.29) is 11.9 Å². The van der Waals surface area contributed by atoms with Gasteiger partial charge in [0.15, 0.2) is 0 Å². The van der Waals surface area contributed by atoms with Crippen LogP contribution in [0.5, 0.6) is 0 Å². The second kappa shape index (κ2) is 6.47. The Morgan fingerprint density at radius 1 is 0.857 bits per heavy atom. The lowest BCUT2D eigenvalue weighted by Gasteiger charge is -2.38. The molecule has 2 fully saturated rings. The predicted molar refractivity (Wildman–Crippen MR) is 82.6 cm³/mol. The van der Waals surface area contributed by atoms with Gasteiger partial charge in [0.05, 0.1) is 4.88 Å². The largest absolute Gasteiger partial charge is 0.334 e. The average molecular weight is 307 g/mol. The number of hydrogen-bond acceptors (Lipinski definition) is 3. The molecule has 0 aliphatic carbocycles. The second-order valence-corrected chi connectivity index (χ2v) is 6.53. The molecule has 0 unspecified atom stereocenters. The van der Waals surface area contributed by atoms with E-state index in [9.17, 15) is 9.59 Å². The smallest absolute Gasteiger partial charge is 0.320 e. The molecule has 2 aliphatic rings. The van der Waals surface area contributed by atoms with Crippen molar-refractivity contribution in [2.45, 2.75) is 19.3 Å². The van der Waals surface area contributed by atoms with Crippen molar-refractivity contribution < 1.29 is 9.59 Å². The van der Waals surface area contributed by atoms with Crippen molar-refractivity contribution in [1.82, 2.24) is 14.7 Å². The molecule has 21 heavy (non-hydrogen) atoms. The first kappa shape index (κ1) is 14.4. The van der Waals surface area contributed by atoms with E-state index in [1.54, 1.807) is 0 Å². The lowest BCUT2D eigenvalue weighted by atomic mass is 10.1. The Morgan fingerprint density at radius 3 is 2.10 bits per heavy atom. The van der Waals surface area contributed by atoms with Crippen molar-refractivity contribution in [1.29, 1.82) is 0 Å². The van der Waals surface area contributed by atoms with Crippen LogP contribution in [-0.4, -0.2) is 65.9 Å². The highest BCUT2D eigenvalue weighted by atomic mass is 32.1. The van der Waals surface area contributed by atoms with E-state index in [0.29, 0.717) is 26.2 Å². The molecule has 1 aromatic rings. The normalized spacial score (nSPS) is 19.7. The number of hydrogen-bond donors (Lipinski definition) is 0. The molecule has 114 valence electrons. The maximum atomic E-state index is 12.4. The molecule has 0 N–H and O–H groups in total. The van der Waals surface area contributed by atoms with E-state index in [0.717, 1.165) is 30.8 Å². The molecule has 0 aromatic carbocycles. The zero-order chi connectivity index (χ0) is 14.7. The molecule has 0 saturated carbocycles. The second-order valence-electron chi connectivity index (χ2n) is 5.59. The van der Waals surface area contributed by atoms with Gasteiger partial charge < -0.3 is 14.7 Å². The van der Waals surface area contributed by atoms with Crippen LogP contribution < -0.4 is 0 Å². The topological polar surface area (TPSA) is 43.9 Å². The molecule has 3 heterocycles. The lowest BCUT2D eigenvalue weighted by Crippen LogP contribution is -2.54. The van der Waals surface area contributed by atoms with Gasteiger partial charge in [0.2, 0.25) is 0 Å². The highest BCUT2D eigenvalue weighted by Gasteiger charge is 2.28. The predicted octanol–water partition coefficient (Wildman–Crippen LogP) is 2.11. The number of amides is 3. The van der Waals surface area contributed by atoms with Crippen molar-refractivity contribution in [3.8, 4) is 0 Å². The quantitative estimate of drug-likeness (QED) is 0.797. The summed E-state index contributed by atoms with van der Waals surface area (Å²) in [4.78, 5) is 31.2. The van der Waals surface area contributed by atoms with E-state index in [4.69, 9.17) is 0 Å². The summed E-state index contributed by atoms with van der Waals surface area (Å²) in [6.45, 7) is 4.33. The van der Waals surface area contributed by atoms with Gasteiger partial charge in [-0.15, -0.1) is 11.3 Å². The molecule has 3 amide bonds.